The van der Waals surface area contributed by atoms with E-state index in [0.717, 1.165) is 10.2 Å². The van der Waals surface area contributed by atoms with E-state index in [1.165, 1.54) is 0 Å². The molecule has 3 nitrogen and oxygen atoms in total. The third-order valence-electron chi connectivity index (χ3n) is 1.70. The molecule has 2 aromatic rings. The summed E-state index contributed by atoms with van der Waals surface area (Å²) in [5.41, 5.74) is 5.42. The Balaban J connectivity index is 2.41. The van der Waals surface area contributed by atoms with Gasteiger partial charge in [-0.3, -0.25) is 0 Å². The van der Waals surface area contributed by atoms with Crippen LogP contribution in [0.25, 0.3) is 11.5 Å². The molecule has 0 unspecified atom stereocenters. The zero-order valence-electron chi connectivity index (χ0n) is 6.79. The number of halogens is 1. The maximum atomic E-state index is 5.42. The highest BCUT2D eigenvalue weighted by Gasteiger charge is 2.10. The molecule has 0 amide bonds. The molecule has 2 N–H and O–H groups in total. The number of hydrogen-bond donors (Lipinski definition) is 1. The Morgan fingerprint density at radius 3 is 2.69 bits per heavy atom. The normalized spacial score (nSPS) is 10.6. The molecule has 0 aliphatic rings. The minimum atomic E-state index is 0.401. The van der Waals surface area contributed by atoms with Crippen LogP contribution in [-0.4, -0.2) is 0 Å². The molecule has 2 rings (SSSR count). The van der Waals surface area contributed by atoms with Crippen LogP contribution in [0.15, 0.2) is 37.8 Å². The van der Waals surface area contributed by atoms with Crippen molar-refractivity contribution in [2.45, 2.75) is 6.54 Å². The average Bonchev–Trinajstić information content (AvgIpc) is 2.71. The van der Waals surface area contributed by atoms with Crippen molar-refractivity contribution >= 4 is 15.9 Å². The van der Waals surface area contributed by atoms with Crippen molar-refractivity contribution in [3.8, 4) is 11.5 Å². The molecule has 2 heterocycles. The Kier molecular flexibility index (Phi) is 2.24. The van der Waals surface area contributed by atoms with Crippen LogP contribution < -0.4 is 5.73 Å². The second-order valence-electron chi connectivity index (χ2n) is 2.57. The van der Waals surface area contributed by atoms with Crippen LogP contribution in [0.2, 0.25) is 0 Å². The minimum absolute atomic E-state index is 0.401. The van der Waals surface area contributed by atoms with E-state index in [0.29, 0.717) is 18.1 Å². The molecule has 2 aromatic heterocycles. The lowest BCUT2D eigenvalue weighted by atomic mass is 10.3. The molecule has 0 aromatic carbocycles. The average molecular weight is 242 g/mol. The molecule has 0 spiro atoms. The van der Waals surface area contributed by atoms with Gasteiger partial charge in [0.1, 0.15) is 5.76 Å². The number of nitrogens with two attached hydrogens (primary N) is 1. The highest BCUT2D eigenvalue weighted by atomic mass is 79.9. The van der Waals surface area contributed by atoms with Crippen LogP contribution in [-0.2, 0) is 6.54 Å². The van der Waals surface area contributed by atoms with E-state index < -0.39 is 0 Å². The van der Waals surface area contributed by atoms with Crippen LogP contribution in [0.4, 0.5) is 0 Å². The zero-order chi connectivity index (χ0) is 9.26. The van der Waals surface area contributed by atoms with Gasteiger partial charge in [-0.2, -0.15) is 0 Å². The fraction of sp³-hybridized carbons (Fsp3) is 0.111. The Morgan fingerprint density at radius 1 is 1.31 bits per heavy atom. The van der Waals surface area contributed by atoms with Crippen molar-refractivity contribution in [2.24, 2.45) is 5.73 Å². The number of furan rings is 2. The lowest BCUT2D eigenvalue weighted by molar-refractivity contribution is 0.493. The third-order valence-corrected chi connectivity index (χ3v) is 2.33. The summed E-state index contributed by atoms with van der Waals surface area (Å²) in [4.78, 5) is 0. The summed E-state index contributed by atoms with van der Waals surface area (Å²) in [5, 5.41) is 0. The molecule has 68 valence electrons. The van der Waals surface area contributed by atoms with Gasteiger partial charge in [0.2, 0.25) is 0 Å². The van der Waals surface area contributed by atoms with Gasteiger partial charge in [-0.15, -0.1) is 0 Å². The number of rotatable bonds is 2. The van der Waals surface area contributed by atoms with E-state index >= 15 is 0 Å². The molecule has 0 saturated carbocycles. The van der Waals surface area contributed by atoms with Gasteiger partial charge < -0.3 is 14.6 Å². The first-order valence-electron chi connectivity index (χ1n) is 3.83. The Labute approximate surface area is 83.6 Å². The fourth-order valence-corrected chi connectivity index (χ4v) is 1.48. The molecule has 4 heteroatoms. The molecule has 0 fully saturated rings. The van der Waals surface area contributed by atoms with Crippen LogP contribution in [0.5, 0.6) is 0 Å². The first-order chi connectivity index (χ1) is 6.31. The lowest BCUT2D eigenvalue weighted by Crippen LogP contribution is -1.92. The van der Waals surface area contributed by atoms with Crippen molar-refractivity contribution < 1.29 is 8.83 Å². The van der Waals surface area contributed by atoms with Gasteiger partial charge >= 0.3 is 0 Å². The number of hydrogen-bond acceptors (Lipinski definition) is 3. The summed E-state index contributed by atoms with van der Waals surface area (Å²) >= 11 is 3.35. The van der Waals surface area contributed by atoms with E-state index in [4.69, 9.17) is 14.6 Å². The topological polar surface area (TPSA) is 52.3 Å². The van der Waals surface area contributed by atoms with E-state index in [1.807, 2.05) is 18.2 Å². The van der Waals surface area contributed by atoms with Crippen LogP contribution in [0.3, 0.4) is 0 Å². The molecule has 0 bridgehead atoms. The Bertz CT molecular complexity index is 405. The summed E-state index contributed by atoms with van der Waals surface area (Å²) in [6.07, 6.45) is 1.60. The van der Waals surface area contributed by atoms with Gasteiger partial charge in [0.15, 0.2) is 11.5 Å². The zero-order valence-corrected chi connectivity index (χ0v) is 8.37. The molecule has 0 radical (unpaired) electrons. The van der Waals surface area contributed by atoms with Crippen molar-refractivity contribution in [1.29, 1.82) is 0 Å². The lowest BCUT2D eigenvalue weighted by Gasteiger charge is -1.91. The van der Waals surface area contributed by atoms with E-state index in [9.17, 15) is 0 Å². The van der Waals surface area contributed by atoms with Gasteiger partial charge in [-0.25, -0.2) is 0 Å². The first-order valence-corrected chi connectivity index (χ1v) is 4.62. The highest BCUT2D eigenvalue weighted by Crippen LogP contribution is 2.30. The second-order valence-corrected chi connectivity index (χ2v) is 3.42. The van der Waals surface area contributed by atoms with E-state index in [-0.39, 0.29) is 0 Å². The predicted molar refractivity (Wildman–Crippen MR) is 52.0 cm³/mol. The summed E-state index contributed by atoms with van der Waals surface area (Å²) in [6, 6.07) is 5.50. The van der Waals surface area contributed by atoms with Crippen LogP contribution in [0, 0.1) is 0 Å². The predicted octanol–water partition coefficient (Wildman–Crippen LogP) is 2.76. The summed E-state index contributed by atoms with van der Waals surface area (Å²) < 4.78 is 11.5. The van der Waals surface area contributed by atoms with Crippen LogP contribution in [0.1, 0.15) is 5.76 Å². The van der Waals surface area contributed by atoms with Gasteiger partial charge in [0.25, 0.3) is 0 Å². The molecule has 0 atom stereocenters. The largest absolute Gasteiger partial charge is 0.460 e. The Morgan fingerprint density at radius 2 is 2.15 bits per heavy atom. The smallest absolute Gasteiger partial charge is 0.183 e. The second kappa shape index (κ2) is 3.40. The van der Waals surface area contributed by atoms with Crippen molar-refractivity contribution in [3.63, 3.8) is 0 Å². The molecule has 0 saturated heterocycles. The summed E-state index contributed by atoms with van der Waals surface area (Å²) in [7, 11) is 0. The highest BCUT2D eigenvalue weighted by molar-refractivity contribution is 9.10. The molecule has 0 aliphatic carbocycles. The van der Waals surface area contributed by atoms with E-state index in [1.54, 1.807) is 6.26 Å². The van der Waals surface area contributed by atoms with Gasteiger partial charge in [0.05, 0.1) is 17.3 Å². The molecule has 0 aliphatic heterocycles. The van der Waals surface area contributed by atoms with E-state index in [2.05, 4.69) is 15.9 Å². The Hall–Kier alpha value is -1.000. The maximum absolute atomic E-state index is 5.42. The first kappa shape index (κ1) is 8.59. The minimum Gasteiger partial charge on any atom is -0.460 e. The molecular formula is C9H8BrNO2. The third kappa shape index (κ3) is 1.55. The fourth-order valence-electron chi connectivity index (χ4n) is 1.08. The maximum Gasteiger partial charge on any atom is 0.183 e. The van der Waals surface area contributed by atoms with Gasteiger partial charge in [-0.05, 0) is 34.1 Å². The summed E-state index contributed by atoms with van der Waals surface area (Å²) in [5.74, 6) is 2.13. The van der Waals surface area contributed by atoms with Gasteiger partial charge in [-0.1, -0.05) is 0 Å². The van der Waals surface area contributed by atoms with Crippen molar-refractivity contribution in [3.05, 3.63) is 34.7 Å². The monoisotopic (exact) mass is 241 g/mol. The van der Waals surface area contributed by atoms with Gasteiger partial charge in [0, 0.05) is 0 Å². The summed E-state index contributed by atoms with van der Waals surface area (Å²) in [6.45, 7) is 0.401. The SMILES string of the molecule is NCc1ccc(-c2occc2Br)o1. The van der Waals surface area contributed by atoms with Crippen molar-refractivity contribution in [2.75, 3.05) is 0 Å². The molecule has 13 heavy (non-hydrogen) atoms. The molecular weight excluding hydrogens is 234 g/mol. The standard InChI is InChI=1S/C9H8BrNO2/c10-7-3-4-12-9(7)8-2-1-6(5-11)13-8/h1-4H,5,11H2. The quantitative estimate of drug-likeness (QED) is 0.880. The van der Waals surface area contributed by atoms with Crippen LogP contribution >= 0.6 is 15.9 Å². The van der Waals surface area contributed by atoms with Crippen molar-refractivity contribution in [1.82, 2.24) is 0 Å².